The summed E-state index contributed by atoms with van der Waals surface area (Å²) < 4.78 is 40.7. The minimum absolute atomic E-state index is 0.0441. The van der Waals surface area contributed by atoms with Crippen molar-refractivity contribution in [2.75, 3.05) is 11.9 Å². The number of hydrogen-bond acceptors (Lipinski definition) is 3. The van der Waals surface area contributed by atoms with Gasteiger partial charge in [-0.05, 0) is 30.2 Å². The Hall–Kier alpha value is -2.25. The third kappa shape index (κ3) is 7.03. The van der Waals surface area contributed by atoms with E-state index in [1.807, 2.05) is 0 Å². The summed E-state index contributed by atoms with van der Waals surface area (Å²) in [5.41, 5.74) is 0.394. The van der Waals surface area contributed by atoms with E-state index in [0.717, 1.165) is 0 Å². The average molecular weight is 332 g/mol. The SMILES string of the molecule is CC(=O)NC(C(=O)Nc1ccc(OCC(F)(F)F)cc1)C(C)C. The number of ether oxygens (including phenoxy) is 1. The van der Waals surface area contributed by atoms with E-state index >= 15 is 0 Å². The van der Waals surface area contributed by atoms with Crippen molar-refractivity contribution in [1.82, 2.24) is 5.32 Å². The molecule has 2 amide bonds. The zero-order chi connectivity index (χ0) is 17.6. The highest BCUT2D eigenvalue weighted by atomic mass is 19.4. The lowest BCUT2D eigenvalue weighted by Crippen LogP contribution is -2.46. The van der Waals surface area contributed by atoms with E-state index in [2.05, 4.69) is 15.4 Å². The predicted molar refractivity (Wildman–Crippen MR) is 79.1 cm³/mol. The molecule has 0 heterocycles. The van der Waals surface area contributed by atoms with Gasteiger partial charge < -0.3 is 15.4 Å². The van der Waals surface area contributed by atoms with Crippen LogP contribution in [0.4, 0.5) is 18.9 Å². The van der Waals surface area contributed by atoms with Crippen LogP contribution in [-0.4, -0.2) is 30.6 Å². The first-order valence-corrected chi connectivity index (χ1v) is 6.96. The molecule has 23 heavy (non-hydrogen) atoms. The number of halogens is 3. The third-order valence-corrected chi connectivity index (χ3v) is 2.83. The van der Waals surface area contributed by atoms with Gasteiger partial charge in [0.05, 0.1) is 0 Å². The maximum atomic E-state index is 12.1. The monoisotopic (exact) mass is 332 g/mol. The molecule has 1 aromatic rings. The largest absolute Gasteiger partial charge is 0.484 e. The van der Waals surface area contributed by atoms with E-state index in [1.54, 1.807) is 13.8 Å². The van der Waals surface area contributed by atoms with Gasteiger partial charge in [0.1, 0.15) is 11.8 Å². The molecule has 0 aliphatic heterocycles. The van der Waals surface area contributed by atoms with Gasteiger partial charge in [-0.2, -0.15) is 13.2 Å². The lowest BCUT2D eigenvalue weighted by atomic mass is 10.0. The maximum Gasteiger partial charge on any atom is 0.422 e. The Kier molecular flexibility index (Phi) is 6.41. The van der Waals surface area contributed by atoms with Gasteiger partial charge in [0.15, 0.2) is 6.61 Å². The number of carbonyl (C=O) groups is 2. The highest BCUT2D eigenvalue weighted by Crippen LogP contribution is 2.20. The zero-order valence-corrected chi connectivity index (χ0v) is 13.0. The fourth-order valence-corrected chi connectivity index (χ4v) is 1.77. The summed E-state index contributed by atoms with van der Waals surface area (Å²) in [6, 6.07) is 4.80. The molecule has 0 spiro atoms. The number of amides is 2. The molecule has 1 atom stereocenters. The summed E-state index contributed by atoms with van der Waals surface area (Å²) in [4.78, 5) is 23.2. The second-order valence-corrected chi connectivity index (χ2v) is 5.34. The minimum atomic E-state index is -4.41. The van der Waals surface area contributed by atoms with Crippen LogP contribution >= 0.6 is 0 Å². The van der Waals surface area contributed by atoms with Gasteiger partial charge in [0.2, 0.25) is 11.8 Å². The minimum Gasteiger partial charge on any atom is -0.484 e. The van der Waals surface area contributed by atoms with E-state index < -0.39 is 24.7 Å². The molecule has 0 fully saturated rings. The van der Waals surface area contributed by atoms with Crippen molar-refractivity contribution in [3.63, 3.8) is 0 Å². The molecule has 5 nitrogen and oxygen atoms in total. The highest BCUT2D eigenvalue weighted by molar-refractivity contribution is 5.97. The lowest BCUT2D eigenvalue weighted by molar-refractivity contribution is -0.153. The predicted octanol–water partition coefficient (Wildman–Crippen LogP) is 2.73. The molecule has 0 radical (unpaired) electrons. The Morgan fingerprint density at radius 2 is 1.74 bits per heavy atom. The molecule has 1 aromatic carbocycles. The molecule has 1 unspecified atom stereocenters. The van der Waals surface area contributed by atoms with E-state index in [-0.39, 0.29) is 17.6 Å². The van der Waals surface area contributed by atoms with Crippen LogP contribution < -0.4 is 15.4 Å². The fraction of sp³-hybridized carbons (Fsp3) is 0.467. The molecule has 0 aliphatic carbocycles. The molecule has 0 saturated carbocycles. The number of anilines is 1. The van der Waals surface area contributed by atoms with Gasteiger partial charge >= 0.3 is 6.18 Å². The molecule has 2 N–H and O–H groups in total. The number of nitrogens with one attached hydrogen (secondary N) is 2. The Balaban J connectivity index is 2.66. The van der Waals surface area contributed by atoms with Crippen LogP contribution in [0.2, 0.25) is 0 Å². The first-order chi connectivity index (χ1) is 10.6. The molecule has 128 valence electrons. The summed E-state index contributed by atoms with van der Waals surface area (Å²) >= 11 is 0. The third-order valence-electron chi connectivity index (χ3n) is 2.83. The number of benzene rings is 1. The van der Waals surface area contributed by atoms with Gasteiger partial charge in [0.25, 0.3) is 0 Å². The quantitative estimate of drug-likeness (QED) is 0.842. The van der Waals surface area contributed by atoms with Gasteiger partial charge in [-0.25, -0.2) is 0 Å². The molecule has 1 rings (SSSR count). The Labute approximate surface area is 132 Å². The molecule has 8 heteroatoms. The van der Waals surface area contributed by atoms with Crippen LogP contribution in [-0.2, 0) is 9.59 Å². The second kappa shape index (κ2) is 7.85. The van der Waals surface area contributed by atoms with Crippen molar-refractivity contribution in [2.45, 2.75) is 33.0 Å². The van der Waals surface area contributed by atoms with Crippen molar-refractivity contribution in [3.8, 4) is 5.75 Å². The van der Waals surface area contributed by atoms with Crippen molar-refractivity contribution >= 4 is 17.5 Å². The van der Waals surface area contributed by atoms with Crippen molar-refractivity contribution < 1.29 is 27.5 Å². The molecule has 0 saturated heterocycles. The highest BCUT2D eigenvalue weighted by Gasteiger charge is 2.28. The smallest absolute Gasteiger partial charge is 0.422 e. The lowest BCUT2D eigenvalue weighted by Gasteiger charge is -2.21. The van der Waals surface area contributed by atoms with Gasteiger partial charge in [-0.3, -0.25) is 9.59 Å². The normalized spacial score (nSPS) is 12.7. The summed E-state index contributed by atoms with van der Waals surface area (Å²) in [5, 5.41) is 5.14. The summed E-state index contributed by atoms with van der Waals surface area (Å²) in [6.45, 7) is 3.51. The van der Waals surface area contributed by atoms with Crippen LogP contribution in [0.5, 0.6) is 5.75 Å². The van der Waals surface area contributed by atoms with Crippen LogP contribution in [0.15, 0.2) is 24.3 Å². The number of rotatable bonds is 6. The number of carbonyl (C=O) groups excluding carboxylic acids is 2. The van der Waals surface area contributed by atoms with E-state index in [0.29, 0.717) is 5.69 Å². The van der Waals surface area contributed by atoms with Crippen molar-refractivity contribution in [3.05, 3.63) is 24.3 Å². The standard InChI is InChI=1S/C15H19F3N2O3/c1-9(2)13(19-10(3)21)14(22)20-11-4-6-12(7-5-11)23-8-15(16,17)18/h4-7,9,13H,8H2,1-3H3,(H,19,21)(H,20,22). The van der Waals surface area contributed by atoms with Gasteiger partial charge in [-0.1, -0.05) is 13.8 Å². The van der Waals surface area contributed by atoms with Crippen LogP contribution in [0.1, 0.15) is 20.8 Å². The topological polar surface area (TPSA) is 67.4 Å². The van der Waals surface area contributed by atoms with Crippen LogP contribution in [0.25, 0.3) is 0 Å². The van der Waals surface area contributed by atoms with E-state index in [1.165, 1.54) is 31.2 Å². The van der Waals surface area contributed by atoms with Crippen LogP contribution in [0, 0.1) is 5.92 Å². The summed E-state index contributed by atoms with van der Waals surface area (Å²) in [6.07, 6.45) is -4.41. The number of hydrogen-bond donors (Lipinski definition) is 2. The Morgan fingerprint density at radius 1 is 1.17 bits per heavy atom. The van der Waals surface area contributed by atoms with Crippen molar-refractivity contribution in [1.29, 1.82) is 0 Å². The molecule has 0 aliphatic rings. The van der Waals surface area contributed by atoms with Crippen LogP contribution in [0.3, 0.4) is 0 Å². The summed E-state index contributed by atoms with van der Waals surface area (Å²) in [5.74, 6) is -0.801. The number of alkyl halides is 3. The fourth-order valence-electron chi connectivity index (χ4n) is 1.77. The first-order valence-electron chi connectivity index (χ1n) is 6.96. The first kappa shape index (κ1) is 18.8. The van der Waals surface area contributed by atoms with Gasteiger partial charge in [0, 0.05) is 12.6 Å². The molecule has 0 bridgehead atoms. The molecule has 0 aromatic heterocycles. The van der Waals surface area contributed by atoms with E-state index in [4.69, 9.17) is 0 Å². The van der Waals surface area contributed by atoms with E-state index in [9.17, 15) is 22.8 Å². The Morgan fingerprint density at radius 3 is 2.17 bits per heavy atom. The molecular formula is C15H19F3N2O3. The van der Waals surface area contributed by atoms with Crippen molar-refractivity contribution in [2.24, 2.45) is 5.92 Å². The second-order valence-electron chi connectivity index (χ2n) is 5.34. The van der Waals surface area contributed by atoms with Gasteiger partial charge in [-0.15, -0.1) is 0 Å². The average Bonchev–Trinajstić information content (AvgIpc) is 2.42. The molecular weight excluding hydrogens is 313 g/mol. The maximum absolute atomic E-state index is 12.1. The zero-order valence-electron chi connectivity index (χ0n) is 13.0. The summed E-state index contributed by atoms with van der Waals surface area (Å²) in [7, 11) is 0. The Bertz CT molecular complexity index is 542.